The zero-order chi connectivity index (χ0) is 13.8. The second-order valence-electron chi connectivity index (χ2n) is 4.94. The summed E-state index contributed by atoms with van der Waals surface area (Å²) in [6, 6.07) is 4.82. The van der Waals surface area contributed by atoms with Crippen LogP contribution in [0.1, 0.15) is 31.4 Å². The Morgan fingerprint density at radius 2 is 2.37 bits per heavy atom. The fourth-order valence-corrected chi connectivity index (χ4v) is 2.51. The van der Waals surface area contributed by atoms with Gasteiger partial charge in [-0.25, -0.2) is 4.39 Å². The van der Waals surface area contributed by atoms with E-state index in [0.29, 0.717) is 18.9 Å². The van der Waals surface area contributed by atoms with Crippen LogP contribution in [0.4, 0.5) is 4.39 Å². The molecule has 1 aliphatic rings. The van der Waals surface area contributed by atoms with Gasteiger partial charge < -0.3 is 10.1 Å². The fourth-order valence-electron chi connectivity index (χ4n) is 2.18. The SMILES string of the molecule is C[C@H](CN[C@@H]1CCCOc2cc(F)ccc21)[S@@](C)=O. The molecule has 1 N–H and O–H groups in total. The van der Waals surface area contributed by atoms with Gasteiger partial charge in [-0.05, 0) is 25.8 Å². The molecule has 5 heteroatoms. The van der Waals surface area contributed by atoms with E-state index in [-0.39, 0.29) is 17.1 Å². The van der Waals surface area contributed by atoms with E-state index in [2.05, 4.69) is 5.32 Å². The van der Waals surface area contributed by atoms with Crippen LogP contribution >= 0.6 is 0 Å². The fraction of sp³-hybridized carbons (Fsp3) is 0.571. The molecule has 0 saturated carbocycles. The van der Waals surface area contributed by atoms with Crippen LogP contribution in [0, 0.1) is 5.82 Å². The van der Waals surface area contributed by atoms with E-state index in [0.717, 1.165) is 18.4 Å². The van der Waals surface area contributed by atoms with Crippen molar-refractivity contribution < 1.29 is 13.3 Å². The monoisotopic (exact) mass is 285 g/mol. The Morgan fingerprint density at radius 3 is 3.11 bits per heavy atom. The van der Waals surface area contributed by atoms with Gasteiger partial charge in [-0.15, -0.1) is 0 Å². The van der Waals surface area contributed by atoms with Crippen molar-refractivity contribution in [2.75, 3.05) is 19.4 Å². The van der Waals surface area contributed by atoms with Gasteiger partial charge in [0.25, 0.3) is 0 Å². The summed E-state index contributed by atoms with van der Waals surface area (Å²) in [5.74, 6) is 0.350. The van der Waals surface area contributed by atoms with Crippen LogP contribution in [-0.4, -0.2) is 28.9 Å². The highest BCUT2D eigenvalue weighted by Gasteiger charge is 2.20. The van der Waals surface area contributed by atoms with Gasteiger partial charge in [-0.1, -0.05) is 6.07 Å². The van der Waals surface area contributed by atoms with Gasteiger partial charge in [0, 0.05) is 46.5 Å². The highest BCUT2D eigenvalue weighted by molar-refractivity contribution is 7.84. The van der Waals surface area contributed by atoms with E-state index in [1.54, 1.807) is 12.3 Å². The predicted octanol–water partition coefficient (Wildman–Crippen LogP) is 2.40. The lowest BCUT2D eigenvalue weighted by molar-refractivity contribution is 0.314. The van der Waals surface area contributed by atoms with E-state index < -0.39 is 10.8 Å². The minimum Gasteiger partial charge on any atom is -0.493 e. The smallest absolute Gasteiger partial charge is 0.126 e. The highest BCUT2D eigenvalue weighted by Crippen LogP contribution is 2.31. The van der Waals surface area contributed by atoms with Crippen LogP contribution < -0.4 is 10.1 Å². The topological polar surface area (TPSA) is 38.3 Å². The molecule has 2 rings (SSSR count). The van der Waals surface area contributed by atoms with Crippen molar-refractivity contribution in [2.45, 2.75) is 31.1 Å². The first-order valence-corrected chi connectivity index (χ1v) is 8.18. The second-order valence-corrected chi connectivity index (χ2v) is 6.74. The lowest BCUT2D eigenvalue weighted by Gasteiger charge is -2.20. The Morgan fingerprint density at radius 1 is 1.58 bits per heavy atom. The normalized spacial score (nSPS) is 21.9. The predicted molar refractivity (Wildman–Crippen MR) is 75.4 cm³/mol. The quantitative estimate of drug-likeness (QED) is 0.923. The van der Waals surface area contributed by atoms with Crippen LogP contribution in [0.3, 0.4) is 0 Å². The van der Waals surface area contributed by atoms with Crippen molar-refractivity contribution in [3.8, 4) is 5.75 Å². The molecule has 3 atom stereocenters. The summed E-state index contributed by atoms with van der Waals surface area (Å²) >= 11 is 0. The summed E-state index contributed by atoms with van der Waals surface area (Å²) in [5, 5.41) is 3.53. The molecule has 0 bridgehead atoms. The maximum absolute atomic E-state index is 13.2. The lowest BCUT2D eigenvalue weighted by atomic mass is 10.0. The van der Waals surface area contributed by atoms with E-state index >= 15 is 0 Å². The number of ether oxygens (including phenoxy) is 1. The summed E-state index contributed by atoms with van der Waals surface area (Å²) in [7, 11) is -0.834. The molecule has 1 heterocycles. The van der Waals surface area contributed by atoms with Crippen molar-refractivity contribution in [3.63, 3.8) is 0 Å². The first kappa shape index (κ1) is 14.5. The van der Waals surface area contributed by atoms with Crippen molar-refractivity contribution in [1.82, 2.24) is 5.32 Å². The summed E-state index contributed by atoms with van der Waals surface area (Å²) in [6.45, 7) is 3.26. The lowest BCUT2D eigenvalue weighted by Crippen LogP contribution is -2.30. The average molecular weight is 285 g/mol. The molecule has 0 aromatic heterocycles. The summed E-state index contributed by atoms with van der Waals surface area (Å²) in [4.78, 5) is 0. The number of halogens is 1. The Kier molecular flexibility index (Phi) is 4.93. The van der Waals surface area contributed by atoms with Crippen LogP contribution in [0.5, 0.6) is 5.75 Å². The molecule has 0 aliphatic carbocycles. The first-order chi connectivity index (χ1) is 9.08. The minimum absolute atomic E-state index is 0.105. The third-order valence-electron chi connectivity index (χ3n) is 3.46. The van der Waals surface area contributed by atoms with Gasteiger partial charge in [-0.2, -0.15) is 0 Å². The molecule has 1 aromatic carbocycles. The van der Waals surface area contributed by atoms with Crippen molar-refractivity contribution in [2.24, 2.45) is 0 Å². The van der Waals surface area contributed by atoms with E-state index in [1.165, 1.54) is 12.1 Å². The number of benzene rings is 1. The minimum atomic E-state index is -0.834. The number of hydrogen-bond donors (Lipinski definition) is 1. The third-order valence-corrected chi connectivity index (χ3v) is 4.76. The van der Waals surface area contributed by atoms with Crippen LogP contribution in [0.2, 0.25) is 0 Å². The molecule has 0 unspecified atom stereocenters. The Bertz CT molecular complexity index is 467. The van der Waals surface area contributed by atoms with Gasteiger partial charge >= 0.3 is 0 Å². The zero-order valence-electron chi connectivity index (χ0n) is 11.3. The molecule has 19 heavy (non-hydrogen) atoms. The average Bonchev–Trinajstić information content (AvgIpc) is 2.57. The molecule has 1 aliphatic heterocycles. The summed E-state index contributed by atoms with van der Waals surface area (Å²) < 4.78 is 30.2. The van der Waals surface area contributed by atoms with Crippen molar-refractivity contribution >= 4 is 10.8 Å². The molecule has 0 fully saturated rings. The van der Waals surface area contributed by atoms with E-state index in [9.17, 15) is 8.60 Å². The number of rotatable bonds is 4. The van der Waals surface area contributed by atoms with Gasteiger partial charge in [0.2, 0.25) is 0 Å². The molecule has 106 valence electrons. The van der Waals surface area contributed by atoms with Crippen molar-refractivity contribution in [1.29, 1.82) is 0 Å². The molecule has 0 radical (unpaired) electrons. The third kappa shape index (κ3) is 3.76. The summed E-state index contributed by atoms with van der Waals surface area (Å²) in [6.07, 6.45) is 3.59. The molecule has 0 spiro atoms. The Balaban J connectivity index is 2.11. The maximum Gasteiger partial charge on any atom is 0.126 e. The second kappa shape index (κ2) is 6.48. The number of hydrogen-bond acceptors (Lipinski definition) is 3. The van der Waals surface area contributed by atoms with Gasteiger partial charge in [0.15, 0.2) is 0 Å². The number of nitrogens with one attached hydrogen (secondary N) is 1. The van der Waals surface area contributed by atoms with Gasteiger partial charge in [0.05, 0.1) is 6.61 Å². The molecule has 3 nitrogen and oxygen atoms in total. The Labute approximate surface area is 116 Å². The molecule has 0 saturated heterocycles. The van der Waals surface area contributed by atoms with E-state index in [4.69, 9.17) is 4.74 Å². The maximum atomic E-state index is 13.2. The molecule has 1 aromatic rings. The Hall–Kier alpha value is -0.940. The van der Waals surface area contributed by atoms with E-state index in [1.807, 2.05) is 6.92 Å². The summed E-state index contributed by atoms with van der Waals surface area (Å²) in [5.41, 5.74) is 0.994. The van der Waals surface area contributed by atoms with Crippen molar-refractivity contribution in [3.05, 3.63) is 29.6 Å². The van der Waals surface area contributed by atoms with Crippen LogP contribution in [-0.2, 0) is 10.8 Å². The zero-order valence-corrected chi connectivity index (χ0v) is 12.1. The van der Waals surface area contributed by atoms with Gasteiger partial charge in [-0.3, -0.25) is 4.21 Å². The largest absolute Gasteiger partial charge is 0.493 e. The van der Waals surface area contributed by atoms with Crippen LogP contribution in [0.15, 0.2) is 18.2 Å². The first-order valence-electron chi connectivity index (χ1n) is 6.56. The number of fused-ring (bicyclic) bond motifs is 1. The van der Waals surface area contributed by atoms with Gasteiger partial charge in [0.1, 0.15) is 11.6 Å². The molecular weight excluding hydrogens is 265 g/mol. The standard InChI is InChI=1S/C14H20FNO2S/c1-10(19(2)17)9-16-13-4-3-7-18-14-8-11(15)5-6-12(13)14/h5-6,8,10,13,16H,3-4,7,9H2,1-2H3/t10-,13-,19-/m1/s1. The molecular formula is C14H20FNO2S. The highest BCUT2D eigenvalue weighted by atomic mass is 32.2. The van der Waals surface area contributed by atoms with Crippen LogP contribution in [0.25, 0.3) is 0 Å². The molecule has 0 amide bonds.